The molecule has 2 amide bonds. The van der Waals surface area contributed by atoms with Crippen molar-refractivity contribution in [2.45, 2.75) is 19.5 Å². The van der Waals surface area contributed by atoms with Gasteiger partial charge in [0.1, 0.15) is 11.5 Å². The molecular weight excluding hydrogens is 363 g/mol. The van der Waals surface area contributed by atoms with Crippen LogP contribution in [0.5, 0.6) is 11.5 Å². The van der Waals surface area contributed by atoms with E-state index in [0.717, 1.165) is 11.1 Å². The van der Waals surface area contributed by atoms with E-state index in [1.807, 2.05) is 37.3 Å². The lowest BCUT2D eigenvalue weighted by Crippen LogP contribution is -2.36. The van der Waals surface area contributed by atoms with Crippen molar-refractivity contribution in [3.8, 4) is 11.5 Å². The minimum Gasteiger partial charge on any atom is -0.497 e. The van der Waals surface area contributed by atoms with Crippen molar-refractivity contribution >= 4 is 30.0 Å². The molecule has 0 saturated carbocycles. The van der Waals surface area contributed by atoms with Crippen LogP contribution in [-0.4, -0.2) is 20.3 Å². The number of nitrogens with one attached hydrogen (secondary N) is 2. The van der Waals surface area contributed by atoms with Crippen molar-refractivity contribution in [2.24, 2.45) is 0 Å². The van der Waals surface area contributed by atoms with Crippen LogP contribution in [0.3, 0.4) is 0 Å². The molecule has 0 bridgehead atoms. The molecule has 0 aliphatic heterocycles. The van der Waals surface area contributed by atoms with Gasteiger partial charge >= 0.3 is 6.03 Å². The maximum atomic E-state index is 12.1. The Morgan fingerprint density at radius 2 is 1.80 bits per heavy atom. The zero-order chi connectivity index (χ0) is 17.5. The first-order chi connectivity index (χ1) is 11.5. The summed E-state index contributed by atoms with van der Waals surface area (Å²) in [6.07, 6.45) is 0. The van der Waals surface area contributed by atoms with Crippen LogP contribution in [0.4, 0.5) is 4.79 Å². The van der Waals surface area contributed by atoms with Crippen LogP contribution in [-0.2, 0) is 6.54 Å². The Hall–Kier alpha value is -2.11. The molecule has 0 aliphatic rings. The lowest BCUT2D eigenvalue weighted by atomic mass is 10.1. The number of ether oxygens (including phenoxy) is 2. The van der Waals surface area contributed by atoms with Crippen LogP contribution < -0.4 is 20.1 Å². The molecule has 0 saturated heterocycles. The zero-order valence-electron chi connectivity index (χ0n) is 14.3. The first-order valence-electron chi connectivity index (χ1n) is 7.54. The highest BCUT2D eigenvalue weighted by atomic mass is 35.5. The average Bonchev–Trinajstić information content (AvgIpc) is 2.60. The van der Waals surface area contributed by atoms with Gasteiger partial charge in [-0.05, 0) is 42.8 Å². The minimum atomic E-state index is -0.262. The van der Waals surface area contributed by atoms with E-state index >= 15 is 0 Å². The number of urea groups is 1. The average molecular weight is 385 g/mol. The number of benzene rings is 2. The largest absolute Gasteiger partial charge is 0.497 e. The lowest BCUT2D eigenvalue weighted by molar-refractivity contribution is 0.237. The molecule has 0 aliphatic carbocycles. The van der Waals surface area contributed by atoms with E-state index in [-0.39, 0.29) is 24.5 Å². The molecule has 5 nitrogen and oxygen atoms in total. The molecule has 25 heavy (non-hydrogen) atoms. The fourth-order valence-corrected chi connectivity index (χ4v) is 2.41. The number of hydrogen-bond acceptors (Lipinski definition) is 3. The molecule has 7 heteroatoms. The van der Waals surface area contributed by atoms with Gasteiger partial charge in [-0.25, -0.2) is 4.79 Å². The summed E-state index contributed by atoms with van der Waals surface area (Å²) in [4.78, 5) is 12.1. The SMILES string of the molecule is COc1ccc(OC)c(C(C)NC(=O)NCc2ccc(Cl)cc2)c1.Cl. The molecule has 1 unspecified atom stereocenters. The van der Waals surface area contributed by atoms with Crippen molar-refractivity contribution in [3.05, 3.63) is 58.6 Å². The highest BCUT2D eigenvalue weighted by Crippen LogP contribution is 2.29. The van der Waals surface area contributed by atoms with Crippen molar-refractivity contribution < 1.29 is 14.3 Å². The third-order valence-electron chi connectivity index (χ3n) is 3.62. The number of amides is 2. The van der Waals surface area contributed by atoms with Crippen LogP contribution in [0.15, 0.2) is 42.5 Å². The summed E-state index contributed by atoms with van der Waals surface area (Å²) in [5, 5.41) is 6.38. The highest BCUT2D eigenvalue weighted by molar-refractivity contribution is 6.30. The van der Waals surface area contributed by atoms with Gasteiger partial charge in [0, 0.05) is 17.1 Å². The fraction of sp³-hybridized carbons (Fsp3) is 0.278. The number of carbonyl (C=O) groups excluding carboxylic acids is 1. The Labute approximate surface area is 159 Å². The van der Waals surface area contributed by atoms with Crippen molar-refractivity contribution in [2.75, 3.05) is 14.2 Å². The Kier molecular flexibility index (Phi) is 8.38. The van der Waals surface area contributed by atoms with Gasteiger partial charge in [0.05, 0.1) is 20.3 Å². The van der Waals surface area contributed by atoms with Gasteiger partial charge in [0.15, 0.2) is 0 Å². The second-order valence-electron chi connectivity index (χ2n) is 5.28. The van der Waals surface area contributed by atoms with E-state index in [2.05, 4.69) is 10.6 Å². The molecule has 136 valence electrons. The maximum absolute atomic E-state index is 12.1. The van der Waals surface area contributed by atoms with Gasteiger partial charge < -0.3 is 20.1 Å². The Morgan fingerprint density at radius 1 is 1.12 bits per heavy atom. The fourth-order valence-electron chi connectivity index (χ4n) is 2.29. The summed E-state index contributed by atoms with van der Waals surface area (Å²) in [5.74, 6) is 1.40. The van der Waals surface area contributed by atoms with E-state index in [1.165, 1.54) is 0 Å². The second kappa shape index (κ2) is 10.0. The van der Waals surface area contributed by atoms with Crippen LogP contribution in [0, 0.1) is 0 Å². The van der Waals surface area contributed by atoms with E-state index in [1.54, 1.807) is 26.4 Å². The summed E-state index contributed by atoms with van der Waals surface area (Å²) in [7, 11) is 3.20. The summed E-state index contributed by atoms with van der Waals surface area (Å²) in [5.41, 5.74) is 1.82. The number of methoxy groups -OCH3 is 2. The van der Waals surface area contributed by atoms with Crippen LogP contribution in [0.25, 0.3) is 0 Å². The quantitative estimate of drug-likeness (QED) is 0.778. The molecule has 2 aromatic carbocycles. The number of carbonyl (C=O) groups is 1. The molecule has 0 fully saturated rings. The Balaban J connectivity index is 0.00000312. The molecule has 0 spiro atoms. The third-order valence-corrected chi connectivity index (χ3v) is 3.87. The lowest BCUT2D eigenvalue weighted by Gasteiger charge is -2.18. The molecule has 0 aromatic heterocycles. The predicted molar refractivity (Wildman–Crippen MR) is 102 cm³/mol. The van der Waals surface area contributed by atoms with Gasteiger partial charge in [0.2, 0.25) is 0 Å². The topological polar surface area (TPSA) is 59.6 Å². The van der Waals surface area contributed by atoms with Gasteiger partial charge in [-0.2, -0.15) is 0 Å². The smallest absolute Gasteiger partial charge is 0.315 e. The van der Waals surface area contributed by atoms with Crippen LogP contribution in [0.2, 0.25) is 5.02 Å². The third kappa shape index (κ3) is 6.03. The summed E-state index contributed by atoms with van der Waals surface area (Å²) >= 11 is 5.84. The summed E-state index contributed by atoms with van der Waals surface area (Å²) in [6.45, 7) is 2.31. The first kappa shape index (κ1) is 20.9. The monoisotopic (exact) mass is 384 g/mol. The van der Waals surface area contributed by atoms with E-state index < -0.39 is 0 Å². The standard InChI is InChI=1S/C18H21ClN2O3.ClH/c1-12(16-10-15(23-2)8-9-17(16)24-3)21-18(22)20-11-13-4-6-14(19)7-5-13;/h4-10,12H,11H2,1-3H3,(H2,20,21,22);1H. The first-order valence-corrected chi connectivity index (χ1v) is 7.92. The van der Waals surface area contributed by atoms with Crippen molar-refractivity contribution in [1.29, 1.82) is 0 Å². The molecule has 0 radical (unpaired) electrons. The number of rotatable bonds is 6. The van der Waals surface area contributed by atoms with Gasteiger partial charge in [-0.15, -0.1) is 12.4 Å². The maximum Gasteiger partial charge on any atom is 0.315 e. The second-order valence-corrected chi connectivity index (χ2v) is 5.72. The van der Waals surface area contributed by atoms with Crippen molar-refractivity contribution in [1.82, 2.24) is 10.6 Å². The van der Waals surface area contributed by atoms with Gasteiger partial charge in [-0.1, -0.05) is 23.7 Å². The Bertz CT molecular complexity index is 693. The molecule has 0 heterocycles. The Morgan fingerprint density at radius 3 is 2.40 bits per heavy atom. The molecule has 1 atom stereocenters. The van der Waals surface area contributed by atoms with E-state index in [4.69, 9.17) is 21.1 Å². The summed E-state index contributed by atoms with van der Waals surface area (Å²) in [6, 6.07) is 12.3. The summed E-state index contributed by atoms with van der Waals surface area (Å²) < 4.78 is 10.6. The van der Waals surface area contributed by atoms with Crippen LogP contribution >= 0.6 is 24.0 Å². The minimum absolute atomic E-state index is 0. The van der Waals surface area contributed by atoms with Gasteiger partial charge in [-0.3, -0.25) is 0 Å². The molecule has 2 rings (SSSR count). The molecule has 2 aromatic rings. The predicted octanol–water partition coefficient (Wildman–Crippen LogP) is 4.34. The number of hydrogen-bond donors (Lipinski definition) is 2. The highest BCUT2D eigenvalue weighted by Gasteiger charge is 2.15. The molecular formula is C18H22Cl2N2O3. The van der Waals surface area contributed by atoms with Crippen molar-refractivity contribution in [3.63, 3.8) is 0 Å². The normalized spacial score (nSPS) is 11.0. The number of halogens is 2. The van der Waals surface area contributed by atoms with E-state index in [9.17, 15) is 4.79 Å². The van der Waals surface area contributed by atoms with E-state index in [0.29, 0.717) is 23.1 Å². The zero-order valence-corrected chi connectivity index (χ0v) is 15.9. The molecule has 2 N–H and O–H groups in total. The van der Waals surface area contributed by atoms with Crippen LogP contribution in [0.1, 0.15) is 24.1 Å². The van der Waals surface area contributed by atoms with Gasteiger partial charge in [0.25, 0.3) is 0 Å².